The zero-order valence-corrected chi connectivity index (χ0v) is 11.8. The molecule has 1 heterocycles. The van der Waals surface area contributed by atoms with E-state index in [-0.39, 0.29) is 24.0 Å². The quantitative estimate of drug-likeness (QED) is 0.782. The molecule has 1 amide bonds. The van der Waals surface area contributed by atoms with Crippen LogP contribution in [0.25, 0.3) is 0 Å². The molecule has 1 fully saturated rings. The normalized spacial score (nSPS) is 19.8. The van der Waals surface area contributed by atoms with Crippen LogP contribution in [0, 0.1) is 0 Å². The third-order valence-corrected chi connectivity index (χ3v) is 3.89. The number of phenols is 2. The van der Waals surface area contributed by atoms with Crippen molar-refractivity contribution in [3.8, 4) is 11.5 Å². The summed E-state index contributed by atoms with van der Waals surface area (Å²) in [5.41, 5.74) is 0.605. The molecule has 1 aliphatic rings. The fourth-order valence-corrected chi connectivity index (χ4v) is 2.58. The third-order valence-electron chi connectivity index (χ3n) is 3.89. The second-order valence-corrected chi connectivity index (χ2v) is 5.42. The highest BCUT2D eigenvalue weighted by atomic mass is 16.3. The largest absolute Gasteiger partial charge is 0.508 e. The van der Waals surface area contributed by atoms with Gasteiger partial charge in [0.2, 0.25) is 5.91 Å². The van der Waals surface area contributed by atoms with E-state index in [1.54, 1.807) is 6.07 Å². The number of hydrogen-bond acceptors (Lipinski definition) is 4. The fraction of sp³-hybridized carbons (Fsp3) is 0.533. The Labute approximate surface area is 119 Å². The number of nitrogens with one attached hydrogen (secondary N) is 1. The predicted molar refractivity (Wildman–Crippen MR) is 76.5 cm³/mol. The lowest BCUT2D eigenvalue weighted by Crippen LogP contribution is -2.40. The number of amides is 1. The highest BCUT2D eigenvalue weighted by Gasteiger charge is 2.21. The number of rotatable bonds is 4. The van der Waals surface area contributed by atoms with E-state index in [1.807, 2.05) is 0 Å². The average Bonchev–Trinajstić information content (AvgIpc) is 2.40. The van der Waals surface area contributed by atoms with Crippen LogP contribution in [-0.2, 0) is 11.3 Å². The molecule has 110 valence electrons. The van der Waals surface area contributed by atoms with Gasteiger partial charge in [-0.3, -0.25) is 4.79 Å². The van der Waals surface area contributed by atoms with Gasteiger partial charge >= 0.3 is 0 Å². The van der Waals surface area contributed by atoms with Crippen LogP contribution in [0.2, 0.25) is 0 Å². The van der Waals surface area contributed by atoms with Crippen molar-refractivity contribution < 1.29 is 15.0 Å². The number of piperidine rings is 1. The maximum atomic E-state index is 11.9. The van der Waals surface area contributed by atoms with Crippen LogP contribution in [0.5, 0.6) is 11.5 Å². The van der Waals surface area contributed by atoms with Crippen molar-refractivity contribution in [2.45, 2.75) is 38.3 Å². The molecule has 2 rings (SSSR count). The Morgan fingerprint density at radius 2 is 2.20 bits per heavy atom. The Morgan fingerprint density at radius 1 is 1.40 bits per heavy atom. The van der Waals surface area contributed by atoms with E-state index in [0.717, 1.165) is 13.0 Å². The SMILES string of the molecule is CN1CCCCC1CC(=O)NCc1ccc(O)cc1O. The summed E-state index contributed by atoms with van der Waals surface area (Å²) in [4.78, 5) is 14.2. The lowest BCUT2D eigenvalue weighted by atomic mass is 10.00. The minimum atomic E-state index is -0.00350. The number of carbonyl (C=O) groups is 1. The first kappa shape index (κ1) is 14.7. The smallest absolute Gasteiger partial charge is 0.221 e. The van der Waals surface area contributed by atoms with Crippen LogP contribution in [-0.4, -0.2) is 40.7 Å². The van der Waals surface area contributed by atoms with Crippen molar-refractivity contribution >= 4 is 5.91 Å². The molecule has 0 spiro atoms. The summed E-state index contributed by atoms with van der Waals surface area (Å²) in [5.74, 6) is 0.0118. The van der Waals surface area contributed by atoms with Crippen molar-refractivity contribution in [2.24, 2.45) is 0 Å². The number of aromatic hydroxyl groups is 2. The lowest BCUT2D eigenvalue weighted by molar-refractivity contribution is -0.122. The van der Waals surface area contributed by atoms with E-state index in [2.05, 4.69) is 17.3 Å². The van der Waals surface area contributed by atoms with Gasteiger partial charge in [-0.15, -0.1) is 0 Å². The Bertz CT molecular complexity index is 476. The molecule has 1 saturated heterocycles. The number of hydrogen-bond donors (Lipinski definition) is 3. The number of benzene rings is 1. The number of carbonyl (C=O) groups excluding carboxylic acids is 1. The Morgan fingerprint density at radius 3 is 2.90 bits per heavy atom. The van der Waals surface area contributed by atoms with Gasteiger partial charge in [-0.1, -0.05) is 6.42 Å². The van der Waals surface area contributed by atoms with Gasteiger partial charge in [-0.25, -0.2) is 0 Å². The summed E-state index contributed by atoms with van der Waals surface area (Å²) in [6, 6.07) is 4.70. The molecule has 0 aliphatic carbocycles. The maximum Gasteiger partial charge on any atom is 0.221 e. The topological polar surface area (TPSA) is 72.8 Å². The second-order valence-electron chi connectivity index (χ2n) is 5.42. The molecule has 0 saturated carbocycles. The fourth-order valence-electron chi connectivity index (χ4n) is 2.58. The van der Waals surface area contributed by atoms with E-state index < -0.39 is 0 Å². The summed E-state index contributed by atoms with van der Waals surface area (Å²) in [7, 11) is 2.06. The Balaban J connectivity index is 1.82. The van der Waals surface area contributed by atoms with E-state index in [1.165, 1.54) is 25.0 Å². The highest BCUT2D eigenvalue weighted by Crippen LogP contribution is 2.22. The maximum absolute atomic E-state index is 11.9. The predicted octanol–water partition coefficient (Wildman–Crippen LogP) is 1.59. The molecule has 5 nitrogen and oxygen atoms in total. The Hall–Kier alpha value is -1.75. The van der Waals surface area contributed by atoms with Gasteiger partial charge in [0.05, 0.1) is 0 Å². The molecule has 1 unspecified atom stereocenters. The summed E-state index contributed by atoms with van der Waals surface area (Å²) < 4.78 is 0. The average molecular weight is 278 g/mol. The van der Waals surface area contributed by atoms with Crippen molar-refractivity contribution in [3.05, 3.63) is 23.8 Å². The van der Waals surface area contributed by atoms with Gasteiger partial charge in [-0.05, 0) is 38.6 Å². The van der Waals surface area contributed by atoms with Crippen LogP contribution in [0.3, 0.4) is 0 Å². The minimum Gasteiger partial charge on any atom is -0.508 e. The molecule has 1 atom stereocenters. The van der Waals surface area contributed by atoms with E-state index >= 15 is 0 Å². The van der Waals surface area contributed by atoms with Crippen molar-refractivity contribution in [2.75, 3.05) is 13.6 Å². The first-order chi connectivity index (χ1) is 9.56. The summed E-state index contributed by atoms with van der Waals surface area (Å²) in [6.45, 7) is 1.33. The molecule has 5 heteroatoms. The van der Waals surface area contributed by atoms with Crippen LogP contribution in [0.4, 0.5) is 0 Å². The van der Waals surface area contributed by atoms with E-state index in [0.29, 0.717) is 18.0 Å². The van der Waals surface area contributed by atoms with Gasteiger partial charge in [0, 0.05) is 30.6 Å². The standard InChI is InChI=1S/C15H22N2O3/c1-17-7-3-2-4-12(17)8-15(20)16-10-11-5-6-13(18)9-14(11)19/h5-6,9,12,18-19H,2-4,7-8,10H2,1H3,(H,16,20). The van der Waals surface area contributed by atoms with Crippen LogP contribution in [0.15, 0.2) is 18.2 Å². The van der Waals surface area contributed by atoms with E-state index in [4.69, 9.17) is 0 Å². The molecule has 1 aromatic carbocycles. The van der Waals surface area contributed by atoms with Crippen molar-refractivity contribution in [1.82, 2.24) is 10.2 Å². The molecular weight excluding hydrogens is 256 g/mol. The van der Waals surface area contributed by atoms with Gasteiger partial charge in [0.15, 0.2) is 0 Å². The summed E-state index contributed by atoms with van der Waals surface area (Å²) in [5, 5.41) is 21.7. The summed E-state index contributed by atoms with van der Waals surface area (Å²) >= 11 is 0. The second kappa shape index (κ2) is 6.61. The van der Waals surface area contributed by atoms with Crippen LogP contribution < -0.4 is 5.32 Å². The Kier molecular flexibility index (Phi) is 4.84. The van der Waals surface area contributed by atoms with Crippen LogP contribution in [0.1, 0.15) is 31.2 Å². The molecule has 1 aromatic rings. The van der Waals surface area contributed by atoms with Gasteiger partial charge < -0.3 is 20.4 Å². The molecular formula is C15H22N2O3. The van der Waals surface area contributed by atoms with Crippen molar-refractivity contribution in [3.63, 3.8) is 0 Å². The van der Waals surface area contributed by atoms with Gasteiger partial charge in [-0.2, -0.15) is 0 Å². The van der Waals surface area contributed by atoms with Gasteiger partial charge in [0.1, 0.15) is 11.5 Å². The molecule has 3 N–H and O–H groups in total. The first-order valence-corrected chi connectivity index (χ1v) is 7.04. The minimum absolute atomic E-state index is 0.0000782. The molecule has 1 aliphatic heterocycles. The van der Waals surface area contributed by atoms with E-state index in [9.17, 15) is 15.0 Å². The van der Waals surface area contributed by atoms with Gasteiger partial charge in [0.25, 0.3) is 0 Å². The number of likely N-dealkylation sites (tertiary alicyclic amines) is 1. The zero-order chi connectivity index (χ0) is 14.5. The monoisotopic (exact) mass is 278 g/mol. The van der Waals surface area contributed by atoms with Crippen LogP contribution >= 0.6 is 0 Å². The number of phenolic OH excluding ortho intramolecular Hbond substituents is 2. The third kappa shape index (κ3) is 3.87. The number of nitrogens with zero attached hydrogens (tertiary/aromatic N) is 1. The lowest BCUT2D eigenvalue weighted by Gasteiger charge is -2.31. The van der Waals surface area contributed by atoms with Crippen molar-refractivity contribution in [1.29, 1.82) is 0 Å². The molecule has 0 bridgehead atoms. The summed E-state index contributed by atoms with van der Waals surface area (Å²) in [6.07, 6.45) is 3.95. The molecule has 0 aromatic heterocycles. The molecule has 20 heavy (non-hydrogen) atoms. The highest BCUT2D eigenvalue weighted by molar-refractivity contribution is 5.76. The zero-order valence-electron chi connectivity index (χ0n) is 11.8. The molecule has 0 radical (unpaired) electrons. The first-order valence-electron chi connectivity index (χ1n) is 7.04.